The lowest BCUT2D eigenvalue weighted by molar-refractivity contribution is 0.122. The Bertz CT molecular complexity index is 721. The predicted octanol–water partition coefficient (Wildman–Crippen LogP) is -0.893. The summed E-state index contributed by atoms with van der Waals surface area (Å²) in [4.78, 5) is 12.1. The van der Waals surface area contributed by atoms with Crippen molar-refractivity contribution in [3.05, 3.63) is 28.2 Å². The number of tetrazole rings is 1. The first-order valence-electron chi connectivity index (χ1n) is 7.26. The van der Waals surface area contributed by atoms with Crippen LogP contribution in [0.15, 0.2) is 16.9 Å². The smallest absolute Gasteiger partial charge is 0.368 e. The van der Waals surface area contributed by atoms with E-state index in [9.17, 15) is 9.90 Å². The van der Waals surface area contributed by atoms with Crippen molar-refractivity contribution in [1.29, 1.82) is 0 Å². The molecule has 2 aromatic rings. The Hall–Kier alpha value is -2.09. The fourth-order valence-electron chi connectivity index (χ4n) is 2.26. The van der Waals surface area contributed by atoms with Gasteiger partial charge in [0.1, 0.15) is 25.9 Å². The number of nitrogens with zero attached hydrogens (tertiary/aromatic N) is 4. The Balaban J connectivity index is 2.59. The maximum Gasteiger partial charge on any atom is 0.368 e. The molecule has 1 heterocycles. The lowest BCUT2D eigenvalue weighted by atomic mass is 9.85. The molecule has 8 heteroatoms. The number of benzene rings is 1. The van der Waals surface area contributed by atoms with E-state index in [2.05, 4.69) is 24.3 Å². The number of aliphatic hydroxyl groups is 1. The van der Waals surface area contributed by atoms with Gasteiger partial charge in [-0.2, -0.15) is 9.36 Å². The Morgan fingerprint density at radius 3 is 2.50 bits per heavy atom. The molecule has 1 N–H and O–H groups in total. The maximum atomic E-state index is 12.1. The quantitative estimate of drug-likeness (QED) is 0.725. The van der Waals surface area contributed by atoms with E-state index in [1.807, 2.05) is 20.0 Å². The van der Waals surface area contributed by atoms with Crippen LogP contribution in [-0.2, 0) is 7.05 Å². The molecular weight excluding hydrogens is 283 g/mol. The van der Waals surface area contributed by atoms with Gasteiger partial charge in [0.05, 0.1) is 6.10 Å². The van der Waals surface area contributed by atoms with E-state index in [4.69, 9.17) is 4.74 Å². The van der Waals surface area contributed by atoms with Crippen molar-refractivity contribution in [3.63, 3.8) is 0 Å². The highest BCUT2D eigenvalue weighted by molar-refractivity contribution is 6.33. The van der Waals surface area contributed by atoms with Gasteiger partial charge in [-0.15, -0.1) is 0 Å². The van der Waals surface area contributed by atoms with Gasteiger partial charge in [0.2, 0.25) is 0 Å². The van der Waals surface area contributed by atoms with Gasteiger partial charge in [-0.25, -0.2) is 4.79 Å². The van der Waals surface area contributed by atoms with Crippen LogP contribution in [0.2, 0.25) is 0 Å². The van der Waals surface area contributed by atoms with Crippen molar-refractivity contribution in [2.24, 2.45) is 7.05 Å². The number of aliphatic hydroxyl groups excluding tert-OH is 1. The number of ether oxygens (including phenoxy) is 1. The highest BCUT2D eigenvalue weighted by Gasteiger charge is 2.16. The summed E-state index contributed by atoms with van der Waals surface area (Å²) >= 11 is 0. The molecule has 1 unspecified atom stereocenters. The number of hydrogen-bond acceptors (Lipinski definition) is 5. The molecule has 2 rings (SSSR count). The molecule has 0 spiro atoms. The summed E-state index contributed by atoms with van der Waals surface area (Å²) in [5.74, 6) is 0.808. The lowest BCUT2D eigenvalue weighted by Crippen LogP contribution is -2.25. The second-order valence-corrected chi connectivity index (χ2v) is 5.79. The number of rotatable bonds is 5. The summed E-state index contributed by atoms with van der Waals surface area (Å²) in [5.41, 5.74) is 2.36. The molecule has 0 aliphatic carbocycles. The van der Waals surface area contributed by atoms with Gasteiger partial charge in [0.15, 0.2) is 0 Å². The molecule has 118 valence electrons. The van der Waals surface area contributed by atoms with Gasteiger partial charge >= 0.3 is 5.69 Å². The number of aromatic nitrogens is 4. The van der Waals surface area contributed by atoms with E-state index in [0.29, 0.717) is 17.4 Å². The first kappa shape index (κ1) is 16.3. The van der Waals surface area contributed by atoms with Gasteiger partial charge in [-0.3, -0.25) is 0 Å². The zero-order chi connectivity index (χ0) is 16.4. The van der Waals surface area contributed by atoms with Gasteiger partial charge in [-0.05, 0) is 41.0 Å². The molecule has 0 radical (unpaired) electrons. The van der Waals surface area contributed by atoms with Crippen LogP contribution in [0.4, 0.5) is 0 Å². The summed E-state index contributed by atoms with van der Waals surface area (Å²) < 4.78 is 8.02. The fourth-order valence-corrected chi connectivity index (χ4v) is 2.26. The molecular formula is C14H21BN4O3. The first-order chi connectivity index (χ1) is 10.3. The molecule has 0 saturated carbocycles. The van der Waals surface area contributed by atoms with Gasteiger partial charge in [0.25, 0.3) is 0 Å². The van der Waals surface area contributed by atoms with E-state index >= 15 is 0 Å². The van der Waals surface area contributed by atoms with Crippen LogP contribution < -0.4 is 15.9 Å². The van der Waals surface area contributed by atoms with Gasteiger partial charge < -0.3 is 9.84 Å². The van der Waals surface area contributed by atoms with Crippen molar-refractivity contribution in [1.82, 2.24) is 19.8 Å². The Morgan fingerprint density at radius 1 is 1.32 bits per heavy atom. The lowest BCUT2D eigenvalue weighted by Gasteiger charge is -2.17. The Kier molecular flexibility index (Phi) is 4.70. The molecule has 0 aliphatic rings. The molecule has 7 nitrogen and oxygen atoms in total. The van der Waals surface area contributed by atoms with E-state index < -0.39 is 6.10 Å². The van der Waals surface area contributed by atoms with Gasteiger partial charge in [0, 0.05) is 7.05 Å². The normalized spacial score (nSPS) is 12.6. The van der Waals surface area contributed by atoms with E-state index in [0.717, 1.165) is 15.7 Å². The third kappa shape index (κ3) is 3.22. The van der Waals surface area contributed by atoms with Gasteiger partial charge in [-0.1, -0.05) is 19.3 Å². The minimum atomic E-state index is -0.600. The summed E-state index contributed by atoms with van der Waals surface area (Å²) in [6.07, 6.45) is -0.600. The summed E-state index contributed by atoms with van der Waals surface area (Å²) in [6, 6.07) is 3.77. The second-order valence-electron chi connectivity index (χ2n) is 5.79. The molecule has 0 fully saturated rings. The van der Waals surface area contributed by atoms with Crippen LogP contribution in [0.3, 0.4) is 0 Å². The van der Waals surface area contributed by atoms with Crippen LogP contribution in [0.25, 0.3) is 5.69 Å². The molecule has 22 heavy (non-hydrogen) atoms. The third-order valence-corrected chi connectivity index (χ3v) is 3.40. The maximum absolute atomic E-state index is 12.1. The minimum absolute atomic E-state index is 0.141. The zero-order valence-corrected chi connectivity index (χ0v) is 13.6. The number of hydrogen-bond donors (Lipinski definition) is 1. The minimum Gasteiger partial charge on any atom is -0.489 e. The van der Waals surface area contributed by atoms with Crippen molar-refractivity contribution in [2.75, 3.05) is 6.61 Å². The van der Waals surface area contributed by atoms with Crippen LogP contribution in [0, 0.1) is 0 Å². The van der Waals surface area contributed by atoms with E-state index in [-0.39, 0.29) is 12.3 Å². The molecule has 1 aromatic heterocycles. The highest BCUT2D eigenvalue weighted by atomic mass is 16.5. The molecule has 0 amide bonds. The molecule has 1 aromatic carbocycles. The fraction of sp³-hybridized carbons (Fsp3) is 0.500. The van der Waals surface area contributed by atoms with Crippen molar-refractivity contribution in [3.8, 4) is 11.4 Å². The average Bonchev–Trinajstić information content (AvgIpc) is 2.76. The Labute approximate surface area is 129 Å². The molecule has 0 aliphatic heterocycles. The largest absolute Gasteiger partial charge is 0.489 e. The standard InChI is InChI=1S/C14H21BN4O3/c1-8(2)10-5-12(19-14(21)18(4)16-17-19)13(6-11(10)15)22-7-9(3)20/h5-6,8-9,20H,7,15H2,1-4H3. The summed E-state index contributed by atoms with van der Waals surface area (Å²) in [7, 11) is 3.54. The predicted molar refractivity (Wildman–Crippen MR) is 86.0 cm³/mol. The Morgan fingerprint density at radius 2 is 2.00 bits per heavy atom. The summed E-state index contributed by atoms with van der Waals surface area (Å²) in [6.45, 7) is 5.95. The number of aryl methyl sites for hydroxylation is 1. The van der Waals surface area contributed by atoms with Crippen LogP contribution >= 0.6 is 0 Å². The molecule has 1 atom stereocenters. The summed E-state index contributed by atoms with van der Waals surface area (Å²) in [5, 5.41) is 17.0. The average molecular weight is 304 g/mol. The first-order valence-corrected chi connectivity index (χ1v) is 7.26. The van der Waals surface area contributed by atoms with Crippen LogP contribution in [0.1, 0.15) is 32.3 Å². The van der Waals surface area contributed by atoms with Crippen LogP contribution in [0.5, 0.6) is 5.75 Å². The second kappa shape index (κ2) is 6.35. The van der Waals surface area contributed by atoms with Crippen molar-refractivity contribution in [2.45, 2.75) is 32.8 Å². The van der Waals surface area contributed by atoms with E-state index in [1.54, 1.807) is 14.0 Å². The topological polar surface area (TPSA) is 82.2 Å². The monoisotopic (exact) mass is 304 g/mol. The molecule has 0 saturated heterocycles. The van der Waals surface area contributed by atoms with Crippen LogP contribution in [-0.4, -0.2) is 45.5 Å². The zero-order valence-electron chi connectivity index (χ0n) is 13.6. The van der Waals surface area contributed by atoms with E-state index in [1.165, 1.54) is 4.68 Å². The highest BCUT2D eigenvalue weighted by Crippen LogP contribution is 2.24. The SMILES string of the molecule is Bc1cc(OCC(C)O)c(-n2nnn(C)c2=O)cc1C(C)C. The molecule has 0 bridgehead atoms. The van der Waals surface area contributed by atoms with Crippen molar-refractivity contribution >= 4 is 13.3 Å². The third-order valence-electron chi connectivity index (χ3n) is 3.40. The van der Waals surface area contributed by atoms with Crippen molar-refractivity contribution < 1.29 is 9.84 Å².